The lowest BCUT2D eigenvalue weighted by atomic mass is 10.0. The van der Waals surface area contributed by atoms with Gasteiger partial charge in [-0.05, 0) is 37.0 Å². The molecule has 1 aromatic heterocycles. The molecular formula is C14H22N4O. The predicted octanol–water partition coefficient (Wildman–Crippen LogP) is 1.87. The Morgan fingerprint density at radius 1 is 1.58 bits per heavy atom. The highest BCUT2D eigenvalue weighted by molar-refractivity contribution is 5.79. The van der Waals surface area contributed by atoms with Crippen molar-refractivity contribution in [3.63, 3.8) is 0 Å². The van der Waals surface area contributed by atoms with Crippen molar-refractivity contribution >= 4 is 5.96 Å². The van der Waals surface area contributed by atoms with Crippen LogP contribution >= 0.6 is 0 Å². The lowest BCUT2D eigenvalue weighted by Crippen LogP contribution is -2.41. The molecule has 2 aliphatic rings. The van der Waals surface area contributed by atoms with Crippen LogP contribution in [0.15, 0.2) is 21.8 Å². The average molecular weight is 262 g/mol. The van der Waals surface area contributed by atoms with Crippen molar-refractivity contribution in [1.29, 1.82) is 0 Å². The number of aliphatic imine (C=N–C) groups is 1. The molecule has 19 heavy (non-hydrogen) atoms. The fraction of sp³-hybridized carbons (Fsp3) is 0.714. The van der Waals surface area contributed by atoms with Crippen molar-refractivity contribution in [1.82, 2.24) is 15.4 Å². The predicted molar refractivity (Wildman–Crippen MR) is 73.7 cm³/mol. The monoisotopic (exact) mass is 262 g/mol. The first-order chi connectivity index (χ1) is 9.23. The van der Waals surface area contributed by atoms with Crippen LogP contribution in [0.2, 0.25) is 0 Å². The smallest absolute Gasteiger partial charge is 0.193 e. The van der Waals surface area contributed by atoms with Crippen LogP contribution in [0.5, 0.6) is 0 Å². The van der Waals surface area contributed by atoms with Crippen molar-refractivity contribution in [2.45, 2.75) is 32.2 Å². The van der Waals surface area contributed by atoms with Crippen LogP contribution in [-0.2, 0) is 6.54 Å². The first kappa shape index (κ1) is 12.5. The van der Waals surface area contributed by atoms with Crippen LogP contribution in [0.1, 0.15) is 31.4 Å². The molecule has 104 valence electrons. The van der Waals surface area contributed by atoms with Gasteiger partial charge in [-0.25, -0.2) is 0 Å². The van der Waals surface area contributed by atoms with E-state index < -0.39 is 0 Å². The molecule has 0 saturated heterocycles. The van der Waals surface area contributed by atoms with Gasteiger partial charge in [-0.2, -0.15) is 0 Å². The number of hydrogen-bond acceptors (Lipinski definition) is 3. The fourth-order valence-electron chi connectivity index (χ4n) is 2.86. The van der Waals surface area contributed by atoms with E-state index in [2.05, 4.69) is 20.4 Å². The van der Waals surface area contributed by atoms with Crippen LogP contribution in [0.25, 0.3) is 0 Å². The zero-order valence-electron chi connectivity index (χ0n) is 11.7. The van der Waals surface area contributed by atoms with E-state index in [0.717, 1.165) is 24.1 Å². The maximum atomic E-state index is 4.86. The van der Waals surface area contributed by atoms with Crippen LogP contribution in [0.4, 0.5) is 0 Å². The number of guanidine groups is 1. The average Bonchev–Trinajstić information content (AvgIpc) is 3.30. The van der Waals surface area contributed by atoms with Crippen molar-refractivity contribution in [2.75, 3.05) is 20.6 Å². The Bertz CT molecular complexity index is 446. The first-order valence-corrected chi connectivity index (χ1v) is 7.04. The highest BCUT2D eigenvalue weighted by Crippen LogP contribution is 2.60. The Hall–Kier alpha value is -1.52. The maximum Gasteiger partial charge on any atom is 0.193 e. The molecule has 0 atom stereocenters. The van der Waals surface area contributed by atoms with E-state index in [1.807, 2.05) is 20.2 Å². The molecule has 0 aliphatic heterocycles. The van der Waals surface area contributed by atoms with E-state index in [9.17, 15) is 0 Å². The van der Waals surface area contributed by atoms with E-state index in [-0.39, 0.29) is 0 Å². The third-order valence-electron chi connectivity index (χ3n) is 4.40. The summed E-state index contributed by atoms with van der Waals surface area (Å²) in [6.07, 6.45) is 7.22. The van der Waals surface area contributed by atoms with E-state index in [4.69, 9.17) is 4.52 Å². The van der Waals surface area contributed by atoms with E-state index in [1.165, 1.54) is 25.7 Å². The zero-order valence-corrected chi connectivity index (χ0v) is 11.7. The van der Waals surface area contributed by atoms with Gasteiger partial charge in [0.25, 0.3) is 0 Å². The second-order valence-electron chi connectivity index (χ2n) is 5.88. The second kappa shape index (κ2) is 4.87. The van der Waals surface area contributed by atoms with Gasteiger partial charge in [0.15, 0.2) is 5.96 Å². The van der Waals surface area contributed by atoms with Gasteiger partial charge >= 0.3 is 0 Å². The quantitative estimate of drug-likeness (QED) is 0.650. The Morgan fingerprint density at radius 3 is 2.89 bits per heavy atom. The molecule has 0 spiro atoms. The van der Waals surface area contributed by atoms with Gasteiger partial charge in [-0.15, -0.1) is 0 Å². The van der Waals surface area contributed by atoms with Gasteiger partial charge < -0.3 is 14.7 Å². The summed E-state index contributed by atoms with van der Waals surface area (Å²) in [5.41, 5.74) is 1.51. The molecule has 5 heteroatoms. The molecule has 0 amide bonds. The third kappa shape index (κ3) is 2.74. The Balaban J connectivity index is 1.52. The summed E-state index contributed by atoms with van der Waals surface area (Å²) < 4.78 is 4.86. The Morgan fingerprint density at radius 2 is 2.37 bits per heavy atom. The second-order valence-corrected chi connectivity index (χ2v) is 5.88. The number of aromatic nitrogens is 1. The summed E-state index contributed by atoms with van der Waals surface area (Å²) in [7, 11) is 3.86. The van der Waals surface area contributed by atoms with Crippen LogP contribution in [0.3, 0.4) is 0 Å². The topological polar surface area (TPSA) is 53.7 Å². The largest absolute Gasteiger partial charge is 0.364 e. The molecule has 0 radical (unpaired) electrons. The summed E-state index contributed by atoms with van der Waals surface area (Å²) in [6, 6.07) is 1.89. The molecule has 1 N–H and O–H groups in total. The van der Waals surface area contributed by atoms with Gasteiger partial charge in [0.05, 0.1) is 6.54 Å². The van der Waals surface area contributed by atoms with Crippen LogP contribution in [-0.4, -0.2) is 36.7 Å². The van der Waals surface area contributed by atoms with Gasteiger partial charge in [0.1, 0.15) is 12.0 Å². The SMILES string of the molecule is CN=C(NCC1(C2CC2)CC1)N(C)Cc1ccon1. The summed E-state index contributed by atoms with van der Waals surface area (Å²) in [4.78, 5) is 6.44. The molecule has 5 nitrogen and oxygen atoms in total. The molecule has 3 rings (SSSR count). The van der Waals surface area contributed by atoms with E-state index >= 15 is 0 Å². The molecular weight excluding hydrogens is 240 g/mol. The molecule has 0 bridgehead atoms. The molecule has 2 aliphatic carbocycles. The number of nitrogens with one attached hydrogen (secondary N) is 1. The number of nitrogens with zero attached hydrogens (tertiary/aromatic N) is 3. The molecule has 0 aromatic carbocycles. The van der Waals surface area contributed by atoms with Crippen LogP contribution in [0, 0.1) is 11.3 Å². The summed E-state index contributed by atoms with van der Waals surface area (Å²) in [6.45, 7) is 1.78. The van der Waals surface area contributed by atoms with Crippen molar-refractivity contribution in [3.8, 4) is 0 Å². The molecule has 1 heterocycles. The van der Waals surface area contributed by atoms with Crippen molar-refractivity contribution in [3.05, 3.63) is 18.0 Å². The van der Waals surface area contributed by atoms with E-state index in [1.54, 1.807) is 6.26 Å². The Kier molecular flexibility index (Phi) is 3.21. The minimum Gasteiger partial charge on any atom is -0.364 e. The van der Waals surface area contributed by atoms with Gasteiger partial charge in [-0.1, -0.05) is 5.16 Å². The highest BCUT2D eigenvalue weighted by Gasteiger charge is 2.53. The van der Waals surface area contributed by atoms with Gasteiger partial charge in [0.2, 0.25) is 0 Å². The normalized spacial score (nSPS) is 21.3. The number of hydrogen-bond donors (Lipinski definition) is 1. The van der Waals surface area contributed by atoms with Crippen molar-refractivity contribution < 1.29 is 4.52 Å². The zero-order chi connectivity index (χ0) is 13.3. The molecule has 0 unspecified atom stereocenters. The Labute approximate surface area is 114 Å². The molecule has 1 aromatic rings. The highest BCUT2D eigenvalue weighted by atomic mass is 16.5. The first-order valence-electron chi connectivity index (χ1n) is 7.04. The fourth-order valence-corrected chi connectivity index (χ4v) is 2.86. The van der Waals surface area contributed by atoms with E-state index in [0.29, 0.717) is 12.0 Å². The standard InChI is InChI=1S/C14H22N4O/c1-15-13(18(2)9-12-5-8-19-17-12)16-10-14(6-7-14)11-3-4-11/h5,8,11H,3-4,6-7,9-10H2,1-2H3,(H,15,16). The molecule has 2 fully saturated rings. The number of rotatable bonds is 5. The van der Waals surface area contributed by atoms with Crippen LogP contribution < -0.4 is 5.32 Å². The van der Waals surface area contributed by atoms with Gasteiger partial charge in [0, 0.05) is 26.7 Å². The maximum absolute atomic E-state index is 4.86. The molecule has 2 saturated carbocycles. The lowest BCUT2D eigenvalue weighted by Gasteiger charge is -2.23. The lowest BCUT2D eigenvalue weighted by molar-refractivity contribution is 0.383. The summed E-state index contributed by atoms with van der Waals surface area (Å²) in [5, 5.41) is 7.46. The summed E-state index contributed by atoms with van der Waals surface area (Å²) in [5.74, 6) is 1.91. The minimum absolute atomic E-state index is 0.588. The minimum atomic E-state index is 0.588. The summed E-state index contributed by atoms with van der Waals surface area (Å²) >= 11 is 0. The van der Waals surface area contributed by atoms with Crippen molar-refractivity contribution in [2.24, 2.45) is 16.3 Å². The van der Waals surface area contributed by atoms with Gasteiger partial charge in [-0.3, -0.25) is 4.99 Å². The third-order valence-corrected chi connectivity index (χ3v) is 4.40.